The minimum absolute atomic E-state index is 0.00339. The Labute approximate surface area is 189 Å². The third-order valence-corrected chi connectivity index (χ3v) is 7.44. The molecular formula is C23H31N5O3S. The smallest absolute Gasteiger partial charge is 0.242 e. The van der Waals surface area contributed by atoms with E-state index in [1.165, 1.54) is 6.07 Å². The molecule has 1 heterocycles. The summed E-state index contributed by atoms with van der Waals surface area (Å²) >= 11 is 0. The van der Waals surface area contributed by atoms with Crippen molar-refractivity contribution in [1.29, 1.82) is 0 Å². The monoisotopic (exact) mass is 457 g/mol. The molecule has 1 saturated carbocycles. The zero-order chi connectivity index (χ0) is 22.9. The van der Waals surface area contributed by atoms with Gasteiger partial charge in [-0.05, 0) is 62.5 Å². The van der Waals surface area contributed by atoms with E-state index in [0.717, 1.165) is 30.4 Å². The van der Waals surface area contributed by atoms with Gasteiger partial charge in [0.1, 0.15) is 6.04 Å². The molecule has 5 atom stereocenters. The molecule has 8 nitrogen and oxygen atoms in total. The summed E-state index contributed by atoms with van der Waals surface area (Å²) in [5, 5.41) is 8.59. The lowest BCUT2D eigenvalue weighted by atomic mass is 9.77. The zero-order valence-corrected chi connectivity index (χ0v) is 19.2. The summed E-state index contributed by atoms with van der Waals surface area (Å²) in [5.41, 5.74) is 8.52. The van der Waals surface area contributed by atoms with E-state index in [0.29, 0.717) is 0 Å². The van der Waals surface area contributed by atoms with Gasteiger partial charge in [-0.1, -0.05) is 42.5 Å². The van der Waals surface area contributed by atoms with E-state index < -0.39 is 10.0 Å². The van der Waals surface area contributed by atoms with Crippen LogP contribution in [0.5, 0.6) is 0 Å². The Kier molecular flexibility index (Phi) is 6.64. The standard InChI is InChI=1S/C23H31N5O3S/c1-28(2)22(15-7-4-3-5-8-15)23(29)25-17-11-12-20-19(14-17)21(27-26-20)16-9-6-10-18(13-16)32(24,30)31/h3-10,13,17,19-22,26-27H,11-12,14H2,1-2H3,(H,25,29)(H2,24,30,31). The number of hydrogen-bond donors (Lipinski definition) is 4. The van der Waals surface area contributed by atoms with Crippen molar-refractivity contribution in [1.82, 2.24) is 21.1 Å². The number of sulfonamides is 1. The number of carbonyl (C=O) groups excluding carboxylic acids is 1. The number of carbonyl (C=O) groups is 1. The lowest BCUT2D eigenvalue weighted by molar-refractivity contribution is -0.126. The van der Waals surface area contributed by atoms with Crippen molar-refractivity contribution >= 4 is 15.9 Å². The zero-order valence-electron chi connectivity index (χ0n) is 18.4. The van der Waals surface area contributed by atoms with Crippen LogP contribution in [0.1, 0.15) is 42.5 Å². The van der Waals surface area contributed by atoms with Gasteiger partial charge in [0.05, 0.1) is 10.9 Å². The molecule has 1 amide bonds. The van der Waals surface area contributed by atoms with Crippen LogP contribution in [-0.4, -0.2) is 45.4 Å². The summed E-state index contributed by atoms with van der Waals surface area (Å²) in [7, 11) is 0.0556. The fourth-order valence-electron chi connectivity index (χ4n) is 5.00. The molecule has 0 spiro atoms. The molecule has 0 bridgehead atoms. The molecule has 2 aromatic carbocycles. The van der Waals surface area contributed by atoms with Crippen LogP contribution >= 0.6 is 0 Å². The van der Waals surface area contributed by atoms with Gasteiger partial charge in [-0.2, -0.15) is 0 Å². The average molecular weight is 458 g/mol. The molecule has 1 aliphatic carbocycles. The molecule has 2 aromatic rings. The molecule has 0 radical (unpaired) electrons. The predicted octanol–water partition coefficient (Wildman–Crippen LogP) is 1.44. The van der Waals surface area contributed by atoms with Gasteiger partial charge in [-0.3, -0.25) is 15.1 Å². The van der Waals surface area contributed by atoms with Crippen LogP contribution in [0.2, 0.25) is 0 Å². The molecule has 172 valence electrons. The van der Waals surface area contributed by atoms with Crippen molar-refractivity contribution in [2.75, 3.05) is 14.1 Å². The molecule has 1 aliphatic heterocycles. The van der Waals surface area contributed by atoms with Gasteiger partial charge in [-0.25, -0.2) is 19.0 Å². The van der Waals surface area contributed by atoms with Crippen molar-refractivity contribution in [3.8, 4) is 0 Å². The molecule has 5 unspecified atom stereocenters. The number of hydrazine groups is 1. The van der Waals surface area contributed by atoms with Gasteiger partial charge in [0, 0.05) is 12.1 Å². The highest BCUT2D eigenvalue weighted by Crippen LogP contribution is 2.38. The first-order valence-corrected chi connectivity index (χ1v) is 12.4. The largest absolute Gasteiger partial charge is 0.352 e. The number of amides is 1. The van der Waals surface area contributed by atoms with Crippen molar-refractivity contribution in [3.63, 3.8) is 0 Å². The van der Waals surface area contributed by atoms with Crippen LogP contribution in [0.3, 0.4) is 0 Å². The Morgan fingerprint density at radius 3 is 2.53 bits per heavy atom. The molecule has 2 aliphatic rings. The first-order chi connectivity index (χ1) is 15.2. The number of primary sulfonamides is 1. The van der Waals surface area contributed by atoms with Gasteiger partial charge in [-0.15, -0.1) is 0 Å². The highest BCUT2D eigenvalue weighted by molar-refractivity contribution is 7.89. The SMILES string of the molecule is CN(C)C(C(=O)NC1CCC2NNC(c3cccc(S(N)(=O)=O)c3)C2C1)c1ccccc1. The van der Waals surface area contributed by atoms with Crippen LogP contribution in [0, 0.1) is 5.92 Å². The molecule has 0 aromatic heterocycles. The molecule has 1 saturated heterocycles. The van der Waals surface area contributed by atoms with Gasteiger partial charge in [0.2, 0.25) is 15.9 Å². The first-order valence-electron chi connectivity index (χ1n) is 10.9. The predicted molar refractivity (Wildman–Crippen MR) is 123 cm³/mol. The van der Waals surface area contributed by atoms with Crippen molar-refractivity contribution in [2.24, 2.45) is 11.1 Å². The Morgan fingerprint density at radius 2 is 1.84 bits per heavy atom. The van der Waals surface area contributed by atoms with Crippen LogP contribution in [0.4, 0.5) is 0 Å². The highest BCUT2D eigenvalue weighted by Gasteiger charge is 2.42. The van der Waals surface area contributed by atoms with Crippen molar-refractivity contribution in [3.05, 3.63) is 65.7 Å². The number of nitrogens with one attached hydrogen (secondary N) is 3. The number of nitrogens with two attached hydrogens (primary N) is 1. The van der Waals surface area contributed by atoms with Crippen LogP contribution in [0.15, 0.2) is 59.5 Å². The van der Waals surface area contributed by atoms with Gasteiger partial charge < -0.3 is 5.32 Å². The Balaban J connectivity index is 1.48. The Morgan fingerprint density at radius 1 is 1.09 bits per heavy atom. The first kappa shape index (κ1) is 22.9. The second-order valence-corrected chi connectivity index (χ2v) is 10.5. The maximum Gasteiger partial charge on any atom is 0.242 e. The van der Waals surface area contributed by atoms with E-state index in [2.05, 4.69) is 16.2 Å². The number of hydrogen-bond acceptors (Lipinski definition) is 6. The summed E-state index contributed by atoms with van der Waals surface area (Å²) in [4.78, 5) is 15.2. The number of nitrogens with zero attached hydrogens (tertiary/aromatic N) is 1. The summed E-state index contributed by atoms with van der Waals surface area (Å²) in [6.45, 7) is 0. The van der Waals surface area contributed by atoms with E-state index in [9.17, 15) is 13.2 Å². The van der Waals surface area contributed by atoms with E-state index in [4.69, 9.17) is 5.14 Å². The summed E-state index contributed by atoms with van der Waals surface area (Å²) in [6, 6.07) is 16.5. The maximum absolute atomic E-state index is 13.2. The molecule has 5 N–H and O–H groups in total. The van der Waals surface area contributed by atoms with E-state index in [-0.39, 0.29) is 40.9 Å². The van der Waals surface area contributed by atoms with E-state index in [1.807, 2.05) is 55.4 Å². The molecule has 32 heavy (non-hydrogen) atoms. The second-order valence-electron chi connectivity index (χ2n) is 8.95. The summed E-state index contributed by atoms with van der Waals surface area (Å²) in [5.74, 6) is 0.218. The fraction of sp³-hybridized carbons (Fsp3) is 0.435. The van der Waals surface area contributed by atoms with Gasteiger partial charge in [0.15, 0.2) is 0 Å². The third-order valence-electron chi connectivity index (χ3n) is 6.52. The summed E-state index contributed by atoms with van der Waals surface area (Å²) in [6.07, 6.45) is 2.61. The molecule has 9 heteroatoms. The van der Waals surface area contributed by atoms with Crippen LogP contribution < -0.4 is 21.3 Å². The second kappa shape index (κ2) is 9.29. The van der Waals surface area contributed by atoms with Gasteiger partial charge in [0.25, 0.3) is 0 Å². The minimum atomic E-state index is -3.76. The van der Waals surface area contributed by atoms with Crippen LogP contribution in [-0.2, 0) is 14.8 Å². The van der Waals surface area contributed by atoms with E-state index >= 15 is 0 Å². The van der Waals surface area contributed by atoms with Crippen LogP contribution in [0.25, 0.3) is 0 Å². The average Bonchev–Trinajstić information content (AvgIpc) is 3.17. The molecular weight excluding hydrogens is 426 g/mol. The minimum Gasteiger partial charge on any atom is -0.352 e. The normalized spacial score (nSPS) is 26.5. The van der Waals surface area contributed by atoms with Crippen molar-refractivity contribution < 1.29 is 13.2 Å². The maximum atomic E-state index is 13.2. The Bertz CT molecular complexity index is 1060. The van der Waals surface area contributed by atoms with E-state index in [1.54, 1.807) is 12.1 Å². The topological polar surface area (TPSA) is 117 Å². The molecule has 2 fully saturated rings. The fourth-order valence-corrected chi connectivity index (χ4v) is 5.57. The van der Waals surface area contributed by atoms with Crippen molar-refractivity contribution in [2.45, 2.75) is 48.3 Å². The number of rotatable bonds is 6. The highest BCUT2D eigenvalue weighted by atomic mass is 32.2. The lowest BCUT2D eigenvalue weighted by Crippen LogP contribution is -2.47. The number of fused-ring (bicyclic) bond motifs is 1. The lowest BCUT2D eigenvalue weighted by Gasteiger charge is -2.35. The quantitative estimate of drug-likeness (QED) is 0.522. The van der Waals surface area contributed by atoms with Gasteiger partial charge >= 0.3 is 0 Å². The number of likely N-dealkylation sites (N-methyl/N-ethyl adjacent to an activating group) is 1. The number of benzene rings is 2. The summed E-state index contributed by atoms with van der Waals surface area (Å²) < 4.78 is 23.6. The third kappa shape index (κ3) is 4.87. The molecule has 4 rings (SSSR count). The Hall–Kier alpha value is -2.30.